The molecule has 84 valence electrons. The second-order valence-electron chi connectivity index (χ2n) is 2.95. The van der Waals surface area contributed by atoms with E-state index in [1.165, 1.54) is 6.92 Å². The van der Waals surface area contributed by atoms with Crippen LogP contribution in [-0.4, -0.2) is 18.1 Å². The molecule has 0 aliphatic carbocycles. The average Bonchev–Trinajstić information content (AvgIpc) is 2.26. The van der Waals surface area contributed by atoms with Gasteiger partial charge in [-0.15, -0.1) is 0 Å². The van der Waals surface area contributed by atoms with Crippen molar-refractivity contribution in [3.05, 3.63) is 28.6 Å². The Balaban J connectivity index is 3.52. The van der Waals surface area contributed by atoms with Crippen LogP contribution in [0.3, 0.4) is 0 Å². The number of hydrogen-bond acceptors (Lipinski definition) is 4. The minimum Gasteiger partial charge on any atom is -0.465 e. The van der Waals surface area contributed by atoms with Gasteiger partial charge in [-0.25, -0.2) is 13.6 Å². The molecule has 0 fully saturated rings. The molecule has 16 heavy (non-hydrogen) atoms. The quantitative estimate of drug-likeness (QED) is 0.723. The monoisotopic (exact) mass is 226 g/mol. The number of hydrogen-bond donors (Lipinski definition) is 0. The molecule has 1 heterocycles. The molecule has 0 aromatic carbocycles. The first kappa shape index (κ1) is 12.0. The van der Waals surface area contributed by atoms with Crippen molar-refractivity contribution in [3.8, 4) is 6.07 Å². The highest BCUT2D eigenvalue weighted by Gasteiger charge is 2.23. The Morgan fingerprint density at radius 1 is 1.62 bits per heavy atom. The molecule has 0 radical (unpaired) electrons. The van der Waals surface area contributed by atoms with Gasteiger partial charge in [0.2, 0.25) is 0 Å². The van der Waals surface area contributed by atoms with Gasteiger partial charge in [-0.3, -0.25) is 4.98 Å². The third-order valence-electron chi connectivity index (χ3n) is 2.03. The molecule has 0 saturated heterocycles. The van der Waals surface area contributed by atoms with Gasteiger partial charge >= 0.3 is 5.97 Å². The fraction of sp³-hybridized carbons (Fsp3) is 0.300. The summed E-state index contributed by atoms with van der Waals surface area (Å²) in [6.45, 7) is 1.45. The van der Waals surface area contributed by atoms with Crippen LogP contribution in [0.1, 0.15) is 33.6 Å². The summed E-state index contributed by atoms with van der Waals surface area (Å²) in [5.41, 5.74) is -0.960. The number of nitriles is 1. The lowest BCUT2D eigenvalue weighted by atomic mass is 10.0. The van der Waals surface area contributed by atoms with Gasteiger partial charge in [0.05, 0.1) is 29.5 Å². The molecule has 0 aliphatic heterocycles. The second kappa shape index (κ2) is 4.66. The Bertz CT molecular complexity index is 467. The highest BCUT2D eigenvalue weighted by atomic mass is 19.3. The van der Waals surface area contributed by atoms with Crippen LogP contribution in [0.2, 0.25) is 0 Å². The zero-order chi connectivity index (χ0) is 12.3. The maximum atomic E-state index is 12.6. The molecule has 0 unspecified atom stereocenters. The van der Waals surface area contributed by atoms with Crippen LogP contribution in [0.4, 0.5) is 8.78 Å². The number of aromatic nitrogens is 1. The van der Waals surface area contributed by atoms with Crippen molar-refractivity contribution in [2.75, 3.05) is 7.11 Å². The van der Waals surface area contributed by atoms with E-state index in [1.54, 1.807) is 6.07 Å². The van der Waals surface area contributed by atoms with Crippen LogP contribution in [0.15, 0.2) is 6.20 Å². The zero-order valence-electron chi connectivity index (χ0n) is 8.62. The number of halogens is 2. The summed E-state index contributed by atoms with van der Waals surface area (Å²) in [6, 6.07) is 1.58. The number of rotatable bonds is 2. The lowest BCUT2D eigenvalue weighted by Crippen LogP contribution is -2.11. The van der Waals surface area contributed by atoms with Gasteiger partial charge in [0.15, 0.2) is 0 Å². The molecule has 0 spiro atoms. The summed E-state index contributed by atoms with van der Waals surface area (Å²) in [4.78, 5) is 15.0. The normalized spacial score (nSPS) is 10.0. The van der Waals surface area contributed by atoms with Crippen molar-refractivity contribution >= 4 is 5.97 Å². The topological polar surface area (TPSA) is 63.0 Å². The van der Waals surface area contributed by atoms with E-state index in [1.807, 2.05) is 0 Å². The highest BCUT2D eigenvalue weighted by Crippen LogP contribution is 2.25. The predicted molar refractivity (Wildman–Crippen MR) is 50.0 cm³/mol. The molecule has 1 aromatic rings. The third-order valence-corrected chi connectivity index (χ3v) is 2.03. The number of ether oxygens (including phenoxy) is 1. The number of aryl methyl sites for hydroxylation is 1. The van der Waals surface area contributed by atoms with E-state index in [0.29, 0.717) is 0 Å². The van der Waals surface area contributed by atoms with Gasteiger partial charge in [0.25, 0.3) is 6.43 Å². The lowest BCUT2D eigenvalue weighted by Gasteiger charge is -2.09. The van der Waals surface area contributed by atoms with E-state index in [9.17, 15) is 13.6 Å². The Hall–Kier alpha value is -2.03. The molecule has 0 aliphatic rings. The predicted octanol–water partition coefficient (Wildman–Crippen LogP) is 1.99. The van der Waals surface area contributed by atoms with E-state index >= 15 is 0 Å². The molecular formula is C10H8F2N2O2. The summed E-state index contributed by atoms with van der Waals surface area (Å²) in [5, 5.41) is 8.80. The highest BCUT2D eigenvalue weighted by molar-refractivity contribution is 5.93. The number of carbonyl (C=O) groups excluding carboxylic acids is 1. The Labute approximate surface area is 90.5 Å². The number of nitrogens with zero attached hydrogens (tertiary/aromatic N) is 2. The molecule has 0 amide bonds. The molecule has 0 saturated carbocycles. The molecule has 1 aromatic heterocycles. The van der Waals surface area contributed by atoms with Crippen molar-refractivity contribution in [1.82, 2.24) is 4.98 Å². The maximum absolute atomic E-state index is 12.6. The zero-order valence-corrected chi connectivity index (χ0v) is 8.62. The smallest absolute Gasteiger partial charge is 0.341 e. The second-order valence-corrected chi connectivity index (χ2v) is 2.95. The largest absolute Gasteiger partial charge is 0.465 e. The van der Waals surface area contributed by atoms with E-state index in [-0.39, 0.29) is 16.8 Å². The van der Waals surface area contributed by atoms with E-state index < -0.39 is 18.0 Å². The standard InChI is InChI=1S/C10H8F2N2O2/c1-5-8(10(15)16-2)6(3-13)7(4-14-5)9(11)12/h4,9H,1-2H3. The van der Waals surface area contributed by atoms with Crippen LogP contribution in [0, 0.1) is 18.3 Å². The van der Waals surface area contributed by atoms with Crippen molar-refractivity contribution in [1.29, 1.82) is 5.26 Å². The van der Waals surface area contributed by atoms with Crippen molar-refractivity contribution < 1.29 is 18.3 Å². The van der Waals surface area contributed by atoms with E-state index in [2.05, 4.69) is 9.72 Å². The summed E-state index contributed by atoms with van der Waals surface area (Å²) in [6.07, 6.45) is -1.96. The molecular weight excluding hydrogens is 218 g/mol. The average molecular weight is 226 g/mol. The minimum absolute atomic E-state index is 0.188. The van der Waals surface area contributed by atoms with Gasteiger partial charge < -0.3 is 4.74 Å². The molecule has 4 nitrogen and oxygen atoms in total. The number of pyridine rings is 1. The number of carbonyl (C=O) groups is 1. The SMILES string of the molecule is COC(=O)c1c(C)ncc(C(F)F)c1C#N. The number of esters is 1. The third kappa shape index (κ3) is 1.98. The molecule has 6 heteroatoms. The van der Waals surface area contributed by atoms with E-state index in [0.717, 1.165) is 13.3 Å². The number of alkyl halides is 2. The van der Waals surface area contributed by atoms with Crippen molar-refractivity contribution in [2.45, 2.75) is 13.3 Å². The lowest BCUT2D eigenvalue weighted by molar-refractivity contribution is 0.0598. The van der Waals surface area contributed by atoms with Gasteiger partial charge in [0, 0.05) is 6.20 Å². The fourth-order valence-corrected chi connectivity index (χ4v) is 1.26. The first-order valence-corrected chi connectivity index (χ1v) is 4.29. The first-order chi connectivity index (χ1) is 7.52. The van der Waals surface area contributed by atoms with Crippen LogP contribution in [-0.2, 0) is 4.74 Å². The fourth-order valence-electron chi connectivity index (χ4n) is 1.26. The molecule has 0 atom stereocenters. The van der Waals surface area contributed by atoms with Gasteiger partial charge in [-0.2, -0.15) is 5.26 Å². The van der Waals surface area contributed by atoms with Gasteiger partial charge in [0.1, 0.15) is 6.07 Å². The summed E-state index contributed by atoms with van der Waals surface area (Å²) >= 11 is 0. The summed E-state index contributed by atoms with van der Waals surface area (Å²) in [7, 11) is 1.11. The Morgan fingerprint density at radius 3 is 2.69 bits per heavy atom. The van der Waals surface area contributed by atoms with Crippen LogP contribution in [0.5, 0.6) is 0 Å². The van der Waals surface area contributed by atoms with Crippen LogP contribution >= 0.6 is 0 Å². The minimum atomic E-state index is -2.86. The Morgan fingerprint density at radius 2 is 2.25 bits per heavy atom. The summed E-state index contributed by atoms with van der Waals surface area (Å²) < 4.78 is 29.5. The first-order valence-electron chi connectivity index (χ1n) is 4.29. The maximum Gasteiger partial charge on any atom is 0.341 e. The summed E-state index contributed by atoms with van der Waals surface area (Å²) in [5.74, 6) is -0.843. The van der Waals surface area contributed by atoms with Crippen molar-refractivity contribution in [3.63, 3.8) is 0 Å². The van der Waals surface area contributed by atoms with Crippen molar-refractivity contribution in [2.24, 2.45) is 0 Å². The van der Waals surface area contributed by atoms with Crippen LogP contribution < -0.4 is 0 Å². The molecule has 0 bridgehead atoms. The van der Waals surface area contributed by atoms with E-state index in [4.69, 9.17) is 5.26 Å². The van der Waals surface area contributed by atoms with Crippen LogP contribution in [0.25, 0.3) is 0 Å². The molecule has 0 N–H and O–H groups in total. The van der Waals surface area contributed by atoms with Gasteiger partial charge in [-0.1, -0.05) is 0 Å². The molecule has 1 rings (SSSR count). The Kier molecular flexibility index (Phi) is 3.51. The van der Waals surface area contributed by atoms with Gasteiger partial charge in [-0.05, 0) is 6.92 Å². The number of methoxy groups -OCH3 is 1.